The van der Waals surface area contributed by atoms with Crippen molar-refractivity contribution in [1.29, 1.82) is 0 Å². The minimum absolute atomic E-state index is 0.0334. The van der Waals surface area contributed by atoms with E-state index in [1.807, 2.05) is 4.90 Å². The van der Waals surface area contributed by atoms with Gasteiger partial charge in [-0.05, 0) is 62.1 Å². The van der Waals surface area contributed by atoms with Crippen molar-refractivity contribution in [2.24, 2.45) is 17.8 Å². The molecular formula is C24H31ClF3N5O3. The van der Waals surface area contributed by atoms with E-state index in [9.17, 15) is 22.8 Å². The number of fused-ring (bicyclic) bond motifs is 2. The molecule has 198 valence electrons. The van der Waals surface area contributed by atoms with Crippen LogP contribution in [0, 0.1) is 17.8 Å². The van der Waals surface area contributed by atoms with Gasteiger partial charge in [0.2, 0.25) is 5.91 Å². The molecule has 1 aromatic carbocycles. The van der Waals surface area contributed by atoms with Gasteiger partial charge in [-0.25, -0.2) is 10.9 Å². The van der Waals surface area contributed by atoms with Crippen LogP contribution >= 0.6 is 11.6 Å². The third-order valence-corrected chi connectivity index (χ3v) is 8.33. The van der Waals surface area contributed by atoms with E-state index in [0.717, 1.165) is 50.3 Å². The molecule has 4 fully saturated rings. The van der Waals surface area contributed by atoms with Crippen LogP contribution in [-0.2, 0) is 15.8 Å². The fourth-order valence-electron chi connectivity index (χ4n) is 6.07. The molecule has 0 radical (unpaired) electrons. The summed E-state index contributed by atoms with van der Waals surface area (Å²) in [5.41, 5.74) is 8.40. The number of benzene rings is 1. The van der Waals surface area contributed by atoms with Crippen LogP contribution in [0.25, 0.3) is 0 Å². The van der Waals surface area contributed by atoms with E-state index in [1.54, 1.807) is 4.90 Å². The van der Waals surface area contributed by atoms with Crippen LogP contribution in [0.2, 0.25) is 5.02 Å². The summed E-state index contributed by atoms with van der Waals surface area (Å²) in [5.74, 6) is 0.115. The van der Waals surface area contributed by atoms with Crippen molar-refractivity contribution in [1.82, 2.24) is 26.2 Å². The Morgan fingerprint density at radius 2 is 1.69 bits per heavy atom. The van der Waals surface area contributed by atoms with E-state index in [-0.39, 0.29) is 28.8 Å². The SMILES string of the molecule is O=C(COc1cc(Cl)ccc1C(F)(F)F)N1CC[C@@H]2CN(C(=O)C3CCC4NNNC4C3)C[C@@H]2CC1. The number of halogens is 4. The fraction of sp³-hybridized carbons (Fsp3) is 0.667. The Morgan fingerprint density at radius 3 is 2.39 bits per heavy atom. The Bertz CT molecular complexity index is 980. The smallest absolute Gasteiger partial charge is 0.419 e. The molecule has 12 heteroatoms. The standard InChI is InChI=1S/C24H31ClF3N5O3/c25-17-2-3-18(24(26,27)28)21(10-17)36-13-22(34)32-7-5-15-11-33(12-16(15)6-8-32)23(35)14-1-4-19-20(9-14)30-31-29-19/h2-3,10,14-16,19-20,29-31H,1,4-9,11-13H2/t14?,15-,16+,19?,20?. The summed E-state index contributed by atoms with van der Waals surface area (Å²) in [7, 11) is 0. The number of carbonyl (C=O) groups is 2. The summed E-state index contributed by atoms with van der Waals surface area (Å²) in [6.45, 7) is 1.93. The molecule has 8 nitrogen and oxygen atoms in total. The second kappa shape index (κ2) is 10.4. The number of hydrogen-bond donors (Lipinski definition) is 3. The van der Waals surface area contributed by atoms with E-state index >= 15 is 0 Å². The van der Waals surface area contributed by atoms with Gasteiger partial charge in [-0.1, -0.05) is 11.6 Å². The number of ether oxygens (including phenoxy) is 1. The molecule has 2 amide bonds. The number of rotatable bonds is 4. The molecule has 3 unspecified atom stereocenters. The first-order valence-electron chi connectivity index (χ1n) is 12.5. The lowest BCUT2D eigenvalue weighted by molar-refractivity contribution is -0.141. The first kappa shape index (κ1) is 25.6. The molecular weight excluding hydrogens is 499 g/mol. The first-order valence-corrected chi connectivity index (χ1v) is 12.9. The van der Waals surface area contributed by atoms with Crippen molar-refractivity contribution in [3.8, 4) is 5.75 Å². The highest BCUT2D eigenvalue weighted by Gasteiger charge is 2.42. The topological polar surface area (TPSA) is 85.9 Å². The molecule has 36 heavy (non-hydrogen) atoms. The van der Waals surface area contributed by atoms with Crippen LogP contribution in [0.15, 0.2) is 18.2 Å². The van der Waals surface area contributed by atoms with Crippen molar-refractivity contribution in [3.05, 3.63) is 28.8 Å². The van der Waals surface area contributed by atoms with Crippen LogP contribution < -0.4 is 21.1 Å². The van der Waals surface area contributed by atoms with Gasteiger partial charge < -0.3 is 14.5 Å². The molecule has 3 N–H and O–H groups in total. The van der Waals surface area contributed by atoms with Crippen molar-refractivity contribution >= 4 is 23.4 Å². The van der Waals surface area contributed by atoms with Crippen LogP contribution in [-0.4, -0.2) is 66.5 Å². The average Bonchev–Trinajstić information content (AvgIpc) is 3.43. The Hall–Kier alpha value is -2.08. The Labute approximate surface area is 212 Å². The molecule has 4 aliphatic rings. The third kappa shape index (κ3) is 5.44. The summed E-state index contributed by atoms with van der Waals surface area (Å²) in [6.07, 6.45) is -0.424. The van der Waals surface area contributed by atoms with Crippen molar-refractivity contribution in [2.45, 2.75) is 50.4 Å². The summed E-state index contributed by atoms with van der Waals surface area (Å²) < 4.78 is 45.0. The highest BCUT2D eigenvalue weighted by molar-refractivity contribution is 6.30. The van der Waals surface area contributed by atoms with E-state index in [2.05, 4.69) is 16.4 Å². The maximum absolute atomic E-state index is 13.3. The lowest BCUT2D eigenvalue weighted by atomic mass is 9.82. The van der Waals surface area contributed by atoms with Gasteiger partial charge in [-0.2, -0.15) is 18.7 Å². The predicted octanol–water partition coefficient (Wildman–Crippen LogP) is 2.58. The van der Waals surface area contributed by atoms with E-state index in [1.165, 1.54) is 0 Å². The first-order chi connectivity index (χ1) is 17.2. The minimum atomic E-state index is -4.60. The number of amides is 2. The summed E-state index contributed by atoms with van der Waals surface area (Å²) in [4.78, 5) is 29.7. The van der Waals surface area contributed by atoms with Gasteiger partial charge in [-0.15, -0.1) is 0 Å². The molecule has 1 saturated carbocycles. The van der Waals surface area contributed by atoms with Crippen molar-refractivity contribution in [3.63, 3.8) is 0 Å². The lowest BCUT2D eigenvalue weighted by Gasteiger charge is -2.32. The van der Waals surface area contributed by atoms with Crippen molar-refractivity contribution in [2.75, 3.05) is 32.8 Å². The van der Waals surface area contributed by atoms with Gasteiger partial charge in [0.1, 0.15) is 5.75 Å². The molecule has 5 atom stereocenters. The summed E-state index contributed by atoms with van der Waals surface area (Å²) >= 11 is 5.83. The molecule has 3 saturated heterocycles. The van der Waals surface area contributed by atoms with Crippen LogP contribution in [0.1, 0.15) is 37.7 Å². The van der Waals surface area contributed by atoms with Crippen LogP contribution in [0.4, 0.5) is 13.2 Å². The van der Waals surface area contributed by atoms with Crippen LogP contribution in [0.3, 0.4) is 0 Å². The Morgan fingerprint density at radius 1 is 1.00 bits per heavy atom. The van der Waals surface area contributed by atoms with Gasteiger partial charge >= 0.3 is 6.18 Å². The van der Waals surface area contributed by atoms with E-state index < -0.39 is 24.1 Å². The normalized spacial score (nSPS) is 30.5. The van der Waals surface area contributed by atoms with E-state index in [4.69, 9.17) is 16.3 Å². The molecule has 3 aliphatic heterocycles. The number of likely N-dealkylation sites (tertiary alicyclic amines) is 2. The maximum Gasteiger partial charge on any atom is 0.419 e. The molecule has 1 aromatic rings. The molecule has 5 rings (SSSR count). The molecule has 0 aromatic heterocycles. The minimum Gasteiger partial charge on any atom is -0.483 e. The number of hydrazine groups is 2. The highest BCUT2D eigenvalue weighted by Crippen LogP contribution is 2.38. The molecule has 0 spiro atoms. The molecule has 1 aliphatic carbocycles. The summed E-state index contributed by atoms with van der Waals surface area (Å²) in [6, 6.07) is 3.71. The third-order valence-electron chi connectivity index (χ3n) is 8.10. The zero-order chi connectivity index (χ0) is 25.4. The quantitative estimate of drug-likeness (QED) is 0.556. The van der Waals surface area contributed by atoms with Gasteiger partial charge in [0, 0.05) is 49.2 Å². The predicted molar refractivity (Wildman–Crippen MR) is 126 cm³/mol. The van der Waals surface area contributed by atoms with Gasteiger partial charge in [0.05, 0.1) is 5.56 Å². The zero-order valence-electron chi connectivity index (χ0n) is 19.8. The van der Waals surface area contributed by atoms with Crippen molar-refractivity contribution < 1.29 is 27.5 Å². The fourth-order valence-corrected chi connectivity index (χ4v) is 6.23. The number of nitrogens with zero attached hydrogens (tertiary/aromatic N) is 2. The van der Waals surface area contributed by atoms with Gasteiger partial charge in [-0.3, -0.25) is 9.59 Å². The molecule has 3 heterocycles. The average molecular weight is 530 g/mol. The van der Waals surface area contributed by atoms with Gasteiger partial charge in [0.25, 0.3) is 5.91 Å². The number of hydrogen-bond acceptors (Lipinski definition) is 6. The van der Waals surface area contributed by atoms with Crippen LogP contribution in [0.5, 0.6) is 5.75 Å². The molecule has 0 bridgehead atoms. The largest absolute Gasteiger partial charge is 0.483 e. The van der Waals surface area contributed by atoms with Gasteiger partial charge in [0.15, 0.2) is 6.61 Å². The van der Waals surface area contributed by atoms with E-state index in [0.29, 0.717) is 44.1 Å². The number of carbonyl (C=O) groups excluding carboxylic acids is 2. The Kier molecular flexibility index (Phi) is 7.35. The Balaban J connectivity index is 1.12. The number of nitrogens with one attached hydrogen (secondary N) is 3. The second-order valence-corrected chi connectivity index (χ2v) is 10.7. The number of alkyl halides is 3. The monoisotopic (exact) mass is 529 g/mol. The maximum atomic E-state index is 13.3. The second-order valence-electron chi connectivity index (χ2n) is 10.3. The zero-order valence-corrected chi connectivity index (χ0v) is 20.6. The lowest BCUT2D eigenvalue weighted by Crippen LogP contribution is -2.45. The summed E-state index contributed by atoms with van der Waals surface area (Å²) in [5, 5.41) is 0.105. The highest BCUT2D eigenvalue weighted by atomic mass is 35.5.